The molecule has 4 heteroatoms. The van der Waals surface area contributed by atoms with Gasteiger partial charge in [-0.2, -0.15) is 11.8 Å². The van der Waals surface area contributed by atoms with E-state index in [2.05, 4.69) is 30.3 Å². The van der Waals surface area contributed by atoms with Crippen LogP contribution in [0.4, 0.5) is 0 Å². The van der Waals surface area contributed by atoms with E-state index < -0.39 is 0 Å². The molecule has 2 nitrogen and oxygen atoms in total. The number of rotatable bonds is 2. The first-order chi connectivity index (χ1) is 10.2. The third-order valence-corrected chi connectivity index (χ3v) is 6.11. The Morgan fingerprint density at radius 2 is 2.05 bits per heavy atom. The SMILES string of the molecule is Cc1csc(C(=O)N2CCS[C@H](c3ccccc3)CC2)c1. The van der Waals surface area contributed by atoms with Gasteiger partial charge >= 0.3 is 0 Å². The van der Waals surface area contributed by atoms with E-state index in [1.807, 2.05) is 35.0 Å². The number of carbonyl (C=O) groups is 1. The molecule has 1 aromatic carbocycles. The van der Waals surface area contributed by atoms with Crippen molar-refractivity contribution in [1.29, 1.82) is 0 Å². The molecule has 1 fully saturated rings. The number of thioether (sulfide) groups is 1. The maximum absolute atomic E-state index is 12.5. The van der Waals surface area contributed by atoms with Crippen LogP contribution in [0.25, 0.3) is 0 Å². The monoisotopic (exact) mass is 317 g/mol. The molecule has 0 spiro atoms. The maximum atomic E-state index is 12.5. The molecule has 1 aliphatic heterocycles. The molecule has 3 rings (SSSR count). The van der Waals surface area contributed by atoms with Crippen LogP contribution in [0.1, 0.15) is 32.5 Å². The Labute approximate surface area is 134 Å². The second kappa shape index (κ2) is 6.67. The maximum Gasteiger partial charge on any atom is 0.263 e. The lowest BCUT2D eigenvalue weighted by atomic mass is 10.1. The fourth-order valence-corrected chi connectivity index (χ4v) is 4.70. The molecule has 2 heterocycles. The van der Waals surface area contributed by atoms with Crippen molar-refractivity contribution < 1.29 is 4.79 Å². The van der Waals surface area contributed by atoms with Gasteiger partial charge in [0.1, 0.15) is 0 Å². The first-order valence-corrected chi connectivity index (χ1v) is 9.18. The fourth-order valence-electron chi connectivity index (χ4n) is 2.61. The van der Waals surface area contributed by atoms with Crippen LogP contribution in [-0.2, 0) is 0 Å². The predicted octanol–water partition coefficient (Wildman–Crippen LogP) is 4.38. The molecular formula is C17H19NOS2. The van der Waals surface area contributed by atoms with Crippen LogP contribution < -0.4 is 0 Å². The number of hydrogen-bond acceptors (Lipinski definition) is 3. The molecular weight excluding hydrogens is 298 g/mol. The van der Waals surface area contributed by atoms with Gasteiger partial charge in [0.2, 0.25) is 0 Å². The first kappa shape index (κ1) is 14.7. The summed E-state index contributed by atoms with van der Waals surface area (Å²) in [5, 5.41) is 2.56. The van der Waals surface area contributed by atoms with Crippen molar-refractivity contribution in [3.8, 4) is 0 Å². The molecule has 0 unspecified atom stereocenters. The highest BCUT2D eigenvalue weighted by molar-refractivity contribution is 7.99. The number of amides is 1. The molecule has 2 aromatic rings. The van der Waals surface area contributed by atoms with Gasteiger partial charge in [0, 0.05) is 24.1 Å². The number of hydrogen-bond donors (Lipinski definition) is 0. The quantitative estimate of drug-likeness (QED) is 0.819. The minimum Gasteiger partial charge on any atom is -0.337 e. The summed E-state index contributed by atoms with van der Waals surface area (Å²) < 4.78 is 0. The molecule has 0 aliphatic carbocycles. The predicted molar refractivity (Wildman–Crippen MR) is 91.2 cm³/mol. The van der Waals surface area contributed by atoms with E-state index in [4.69, 9.17) is 0 Å². The van der Waals surface area contributed by atoms with Gasteiger partial charge in [-0.1, -0.05) is 30.3 Å². The Bertz CT molecular complexity index is 608. The minimum atomic E-state index is 0.197. The summed E-state index contributed by atoms with van der Waals surface area (Å²) >= 11 is 3.53. The van der Waals surface area contributed by atoms with Crippen LogP contribution in [0.5, 0.6) is 0 Å². The van der Waals surface area contributed by atoms with Crippen LogP contribution in [0.2, 0.25) is 0 Å². The second-order valence-electron chi connectivity index (χ2n) is 5.34. The molecule has 1 aliphatic rings. The van der Waals surface area contributed by atoms with Gasteiger partial charge in [-0.3, -0.25) is 4.79 Å². The van der Waals surface area contributed by atoms with Crippen molar-refractivity contribution in [3.63, 3.8) is 0 Å². The van der Waals surface area contributed by atoms with E-state index in [-0.39, 0.29) is 5.91 Å². The molecule has 0 N–H and O–H groups in total. The zero-order valence-corrected chi connectivity index (χ0v) is 13.8. The molecule has 21 heavy (non-hydrogen) atoms. The Balaban J connectivity index is 1.67. The lowest BCUT2D eigenvalue weighted by molar-refractivity contribution is 0.0771. The van der Waals surface area contributed by atoms with Gasteiger partial charge in [-0.05, 0) is 35.9 Å². The van der Waals surface area contributed by atoms with Crippen molar-refractivity contribution in [1.82, 2.24) is 4.90 Å². The summed E-state index contributed by atoms with van der Waals surface area (Å²) in [7, 11) is 0. The number of benzene rings is 1. The van der Waals surface area contributed by atoms with Gasteiger partial charge in [0.15, 0.2) is 0 Å². The molecule has 110 valence electrons. The summed E-state index contributed by atoms with van der Waals surface area (Å²) in [6, 6.07) is 12.6. The number of carbonyl (C=O) groups excluding carboxylic acids is 1. The zero-order chi connectivity index (χ0) is 14.7. The third kappa shape index (κ3) is 3.50. The minimum absolute atomic E-state index is 0.197. The topological polar surface area (TPSA) is 20.3 Å². The Morgan fingerprint density at radius 1 is 1.24 bits per heavy atom. The van der Waals surface area contributed by atoms with Crippen LogP contribution in [0.3, 0.4) is 0 Å². The van der Waals surface area contributed by atoms with Gasteiger partial charge in [0.25, 0.3) is 5.91 Å². The summed E-state index contributed by atoms with van der Waals surface area (Å²) in [5.74, 6) is 1.21. The smallest absolute Gasteiger partial charge is 0.263 e. The zero-order valence-electron chi connectivity index (χ0n) is 12.1. The van der Waals surface area contributed by atoms with Gasteiger partial charge in [0.05, 0.1) is 4.88 Å². The number of thiophene rings is 1. The highest BCUT2D eigenvalue weighted by atomic mass is 32.2. The largest absolute Gasteiger partial charge is 0.337 e. The number of aryl methyl sites for hydroxylation is 1. The van der Waals surface area contributed by atoms with E-state index in [9.17, 15) is 4.79 Å². The lowest BCUT2D eigenvalue weighted by Gasteiger charge is -2.19. The average Bonchev–Trinajstić information content (AvgIpc) is 2.81. The Morgan fingerprint density at radius 3 is 2.76 bits per heavy atom. The van der Waals surface area contributed by atoms with E-state index in [1.165, 1.54) is 11.1 Å². The molecule has 1 amide bonds. The van der Waals surface area contributed by atoms with E-state index in [1.54, 1.807) is 11.3 Å². The second-order valence-corrected chi connectivity index (χ2v) is 7.56. The van der Waals surface area contributed by atoms with Gasteiger partial charge in [-0.15, -0.1) is 11.3 Å². The highest BCUT2D eigenvalue weighted by Gasteiger charge is 2.23. The molecule has 1 atom stereocenters. The van der Waals surface area contributed by atoms with Crippen molar-refractivity contribution in [3.05, 3.63) is 57.8 Å². The van der Waals surface area contributed by atoms with E-state index in [0.717, 1.165) is 30.1 Å². The first-order valence-electron chi connectivity index (χ1n) is 7.25. The summed E-state index contributed by atoms with van der Waals surface area (Å²) in [4.78, 5) is 15.4. The average molecular weight is 317 g/mol. The molecule has 1 aromatic heterocycles. The molecule has 0 radical (unpaired) electrons. The van der Waals surface area contributed by atoms with Crippen molar-refractivity contribution >= 4 is 29.0 Å². The van der Waals surface area contributed by atoms with Crippen LogP contribution >= 0.6 is 23.1 Å². The van der Waals surface area contributed by atoms with Crippen molar-refractivity contribution in [2.24, 2.45) is 0 Å². The van der Waals surface area contributed by atoms with Crippen LogP contribution in [0.15, 0.2) is 41.8 Å². The molecule has 0 saturated carbocycles. The summed E-state index contributed by atoms with van der Waals surface area (Å²) in [6.07, 6.45) is 1.03. The van der Waals surface area contributed by atoms with Crippen LogP contribution in [-0.4, -0.2) is 29.6 Å². The normalized spacial score (nSPS) is 19.3. The van der Waals surface area contributed by atoms with Crippen molar-refractivity contribution in [2.75, 3.05) is 18.8 Å². The Hall–Kier alpha value is -1.26. The van der Waals surface area contributed by atoms with Gasteiger partial charge < -0.3 is 4.90 Å². The fraction of sp³-hybridized carbons (Fsp3) is 0.353. The summed E-state index contributed by atoms with van der Waals surface area (Å²) in [6.45, 7) is 3.74. The van der Waals surface area contributed by atoms with E-state index >= 15 is 0 Å². The highest BCUT2D eigenvalue weighted by Crippen LogP contribution is 2.34. The Kier molecular flexibility index (Phi) is 4.66. The molecule has 0 bridgehead atoms. The third-order valence-electron chi connectivity index (χ3n) is 3.74. The van der Waals surface area contributed by atoms with Gasteiger partial charge in [-0.25, -0.2) is 0 Å². The van der Waals surface area contributed by atoms with E-state index in [0.29, 0.717) is 5.25 Å². The standard InChI is InChI=1S/C17H19NOS2/c1-13-11-16(21-12-13)17(19)18-8-7-15(20-10-9-18)14-5-3-2-4-6-14/h2-6,11-12,15H,7-10H2,1H3/t15-/m0/s1. The van der Waals surface area contributed by atoms with Crippen molar-refractivity contribution in [2.45, 2.75) is 18.6 Å². The molecule has 1 saturated heterocycles. The van der Waals surface area contributed by atoms with Crippen LogP contribution in [0, 0.1) is 6.92 Å². The lowest BCUT2D eigenvalue weighted by Crippen LogP contribution is -2.32. The number of nitrogens with zero attached hydrogens (tertiary/aromatic N) is 1. The summed E-state index contributed by atoms with van der Waals surface area (Å²) in [5.41, 5.74) is 2.55.